The van der Waals surface area contributed by atoms with Crippen LogP contribution in [0.25, 0.3) is 0 Å². The van der Waals surface area contributed by atoms with E-state index in [1.165, 1.54) is 10.4 Å². The number of phenols is 1. The minimum Gasteiger partial charge on any atom is -0.507 e. The molecule has 1 heterocycles. The number of amides is 1. The Morgan fingerprint density at radius 1 is 1.29 bits per heavy atom. The van der Waals surface area contributed by atoms with Gasteiger partial charge in [0.2, 0.25) is 10.0 Å². The zero-order chi connectivity index (χ0) is 15.6. The fourth-order valence-electron chi connectivity index (χ4n) is 2.20. The summed E-state index contributed by atoms with van der Waals surface area (Å²) in [5.74, 6) is -0.304. The molecular formula is C13H17BrN2O4S. The van der Waals surface area contributed by atoms with E-state index in [-0.39, 0.29) is 36.1 Å². The van der Waals surface area contributed by atoms with Crippen LogP contribution >= 0.6 is 15.9 Å². The Morgan fingerprint density at radius 2 is 1.90 bits per heavy atom. The standard InChI is InChI=1S/C13H17BrN2O4S/c1-2-21(19,20)16-7-5-15(6-8-16)13(18)11-9-10(14)3-4-12(11)17/h3-4,9,17H,2,5-8H2,1H3. The summed E-state index contributed by atoms with van der Waals surface area (Å²) in [6.45, 7) is 2.83. The second-order valence-electron chi connectivity index (χ2n) is 4.75. The SMILES string of the molecule is CCS(=O)(=O)N1CCN(C(=O)c2cc(Br)ccc2O)CC1. The van der Waals surface area contributed by atoms with Gasteiger partial charge in [-0.3, -0.25) is 4.79 Å². The van der Waals surface area contributed by atoms with Gasteiger partial charge in [0.1, 0.15) is 5.75 Å². The van der Waals surface area contributed by atoms with Gasteiger partial charge < -0.3 is 10.0 Å². The van der Waals surface area contributed by atoms with Gasteiger partial charge in [-0.05, 0) is 25.1 Å². The van der Waals surface area contributed by atoms with Crippen molar-refractivity contribution >= 4 is 31.9 Å². The van der Waals surface area contributed by atoms with E-state index < -0.39 is 10.0 Å². The highest BCUT2D eigenvalue weighted by molar-refractivity contribution is 9.10. The normalized spacial score (nSPS) is 17.0. The number of carbonyl (C=O) groups excluding carboxylic acids is 1. The number of piperazine rings is 1. The number of hydrogen-bond donors (Lipinski definition) is 1. The summed E-state index contributed by atoms with van der Waals surface area (Å²) in [7, 11) is -3.21. The summed E-state index contributed by atoms with van der Waals surface area (Å²) in [6.07, 6.45) is 0. The number of halogens is 1. The molecular weight excluding hydrogens is 360 g/mol. The van der Waals surface area contributed by atoms with Crippen molar-refractivity contribution in [2.24, 2.45) is 0 Å². The molecule has 1 aromatic carbocycles. The van der Waals surface area contributed by atoms with E-state index in [9.17, 15) is 18.3 Å². The number of sulfonamides is 1. The topological polar surface area (TPSA) is 77.9 Å². The number of phenolic OH excluding ortho intramolecular Hbond substituents is 1. The van der Waals surface area contributed by atoms with Crippen molar-refractivity contribution in [3.63, 3.8) is 0 Å². The Bertz CT molecular complexity index is 640. The number of rotatable bonds is 3. The predicted molar refractivity (Wildman–Crippen MR) is 82.7 cm³/mol. The number of benzene rings is 1. The first-order chi connectivity index (χ1) is 9.85. The van der Waals surface area contributed by atoms with E-state index >= 15 is 0 Å². The van der Waals surface area contributed by atoms with Crippen LogP contribution in [-0.4, -0.2) is 60.6 Å². The molecule has 1 aromatic rings. The molecule has 1 amide bonds. The van der Waals surface area contributed by atoms with E-state index in [0.29, 0.717) is 17.6 Å². The highest BCUT2D eigenvalue weighted by Gasteiger charge is 2.28. The van der Waals surface area contributed by atoms with Crippen LogP contribution in [0.5, 0.6) is 5.75 Å². The van der Waals surface area contributed by atoms with Crippen molar-refractivity contribution in [3.05, 3.63) is 28.2 Å². The summed E-state index contributed by atoms with van der Waals surface area (Å²) in [6, 6.07) is 4.67. The maximum atomic E-state index is 12.4. The highest BCUT2D eigenvalue weighted by atomic mass is 79.9. The van der Waals surface area contributed by atoms with Crippen molar-refractivity contribution < 1.29 is 18.3 Å². The van der Waals surface area contributed by atoms with Gasteiger partial charge in [-0.2, -0.15) is 4.31 Å². The minimum atomic E-state index is -3.21. The van der Waals surface area contributed by atoms with Crippen LogP contribution in [0.1, 0.15) is 17.3 Å². The quantitative estimate of drug-likeness (QED) is 0.861. The maximum Gasteiger partial charge on any atom is 0.257 e. The Balaban J connectivity index is 2.09. The first kappa shape index (κ1) is 16.3. The van der Waals surface area contributed by atoms with Gasteiger partial charge in [0, 0.05) is 30.7 Å². The molecule has 0 radical (unpaired) electrons. The molecule has 0 bridgehead atoms. The van der Waals surface area contributed by atoms with Gasteiger partial charge >= 0.3 is 0 Å². The molecule has 0 aliphatic carbocycles. The van der Waals surface area contributed by atoms with E-state index in [2.05, 4.69) is 15.9 Å². The maximum absolute atomic E-state index is 12.4. The molecule has 116 valence electrons. The van der Waals surface area contributed by atoms with E-state index in [1.807, 2.05) is 0 Å². The lowest BCUT2D eigenvalue weighted by atomic mass is 10.1. The number of aromatic hydroxyl groups is 1. The first-order valence-corrected chi connectivity index (χ1v) is 9.01. The molecule has 1 aliphatic heterocycles. The van der Waals surface area contributed by atoms with Crippen LogP contribution in [-0.2, 0) is 10.0 Å². The van der Waals surface area contributed by atoms with Crippen LogP contribution < -0.4 is 0 Å². The number of carbonyl (C=O) groups is 1. The van der Waals surface area contributed by atoms with E-state index in [0.717, 1.165) is 0 Å². The predicted octanol–water partition coefficient (Wildman–Crippen LogP) is 1.26. The molecule has 6 nitrogen and oxygen atoms in total. The van der Waals surface area contributed by atoms with Crippen molar-refractivity contribution in [3.8, 4) is 5.75 Å². The molecule has 1 aliphatic rings. The average molecular weight is 377 g/mol. The average Bonchev–Trinajstić information content (AvgIpc) is 2.49. The van der Waals surface area contributed by atoms with Crippen LogP contribution in [0.3, 0.4) is 0 Å². The molecule has 21 heavy (non-hydrogen) atoms. The molecule has 0 saturated carbocycles. The van der Waals surface area contributed by atoms with Crippen molar-refractivity contribution in [2.45, 2.75) is 6.92 Å². The summed E-state index contributed by atoms with van der Waals surface area (Å²) < 4.78 is 25.7. The first-order valence-electron chi connectivity index (χ1n) is 6.60. The number of hydrogen-bond acceptors (Lipinski definition) is 4. The second-order valence-corrected chi connectivity index (χ2v) is 7.93. The molecule has 0 spiro atoms. The van der Waals surface area contributed by atoms with Gasteiger partial charge in [-0.1, -0.05) is 15.9 Å². The van der Waals surface area contributed by atoms with Crippen LogP contribution in [0.15, 0.2) is 22.7 Å². The minimum absolute atomic E-state index is 0.0629. The van der Waals surface area contributed by atoms with Crippen molar-refractivity contribution in [1.29, 1.82) is 0 Å². The lowest BCUT2D eigenvalue weighted by molar-refractivity contribution is 0.0695. The van der Waals surface area contributed by atoms with Gasteiger partial charge in [0.15, 0.2) is 0 Å². The van der Waals surface area contributed by atoms with Gasteiger partial charge in [0.25, 0.3) is 5.91 Å². The lowest BCUT2D eigenvalue weighted by Gasteiger charge is -2.34. The molecule has 0 atom stereocenters. The zero-order valence-corrected chi connectivity index (χ0v) is 14.0. The largest absolute Gasteiger partial charge is 0.507 e. The fraction of sp³-hybridized carbons (Fsp3) is 0.462. The molecule has 1 N–H and O–H groups in total. The Morgan fingerprint density at radius 3 is 2.48 bits per heavy atom. The third-order valence-corrected chi connectivity index (χ3v) is 5.85. The van der Waals surface area contributed by atoms with Crippen LogP contribution in [0.2, 0.25) is 0 Å². The fourth-order valence-corrected chi connectivity index (χ4v) is 3.65. The van der Waals surface area contributed by atoms with Gasteiger partial charge in [-0.15, -0.1) is 0 Å². The summed E-state index contributed by atoms with van der Waals surface area (Å²) in [4.78, 5) is 13.9. The smallest absolute Gasteiger partial charge is 0.257 e. The Labute approximate surface area is 132 Å². The molecule has 0 aromatic heterocycles. The van der Waals surface area contributed by atoms with E-state index in [4.69, 9.17) is 0 Å². The summed E-state index contributed by atoms with van der Waals surface area (Å²) in [5, 5.41) is 9.78. The van der Waals surface area contributed by atoms with Crippen molar-refractivity contribution in [2.75, 3.05) is 31.9 Å². The Hall–Kier alpha value is -1.12. The highest BCUT2D eigenvalue weighted by Crippen LogP contribution is 2.24. The molecule has 2 rings (SSSR count). The monoisotopic (exact) mass is 376 g/mol. The third-order valence-electron chi connectivity index (χ3n) is 3.47. The lowest BCUT2D eigenvalue weighted by Crippen LogP contribution is -2.50. The molecule has 0 unspecified atom stereocenters. The van der Waals surface area contributed by atoms with Crippen LogP contribution in [0.4, 0.5) is 0 Å². The zero-order valence-electron chi connectivity index (χ0n) is 11.6. The third kappa shape index (κ3) is 3.56. The van der Waals surface area contributed by atoms with Crippen LogP contribution in [0, 0.1) is 0 Å². The Kier molecular flexibility index (Phi) is 4.90. The molecule has 1 fully saturated rings. The number of nitrogens with zero attached hydrogens (tertiary/aromatic N) is 2. The molecule has 8 heteroatoms. The second kappa shape index (κ2) is 6.33. The summed E-state index contributed by atoms with van der Waals surface area (Å²) in [5.41, 5.74) is 0.219. The van der Waals surface area contributed by atoms with Gasteiger partial charge in [0.05, 0.1) is 11.3 Å². The molecule has 1 saturated heterocycles. The van der Waals surface area contributed by atoms with E-state index in [1.54, 1.807) is 24.0 Å². The van der Waals surface area contributed by atoms with Gasteiger partial charge in [-0.25, -0.2) is 8.42 Å². The summed E-state index contributed by atoms with van der Waals surface area (Å²) >= 11 is 3.26. The van der Waals surface area contributed by atoms with Crippen molar-refractivity contribution in [1.82, 2.24) is 9.21 Å².